The van der Waals surface area contributed by atoms with Crippen molar-refractivity contribution in [2.24, 2.45) is 16.7 Å². The number of cyclic esters (lactones) is 1. The van der Waals surface area contributed by atoms with Gasteiger partial charge in [0.25, 0.3) is 5.91 Å². The molecule has 5 saturated heterocycles. The van der Waals surface area contributed by atoms with E-state index < -0.39 is 29.5 Å². The molecule has 11 rings (SSSR count). The number of hydrazine groups is 1. The summed E-state index contributed by atoms with van der Waals surface area (Å²) >= 11 is 1.49. The van der Waals surface area contributed by atoms with Crippen LogP contribution in [0.25, 0.3) is 33.4 Å². The molecule has 4 aromatic rings. The number of nitrogens with one attached hydrogen (secondary N) is 3. The lowest BCUT2D eigenvalue weighted by Crippen LogP contribution is -2.62. The molecule has 6 bridgehead atoms. The first-order chi connectivity index (χ1) is 35.6. The highest BCUT2D eigenvalue weighted by molar-refractivity contribution is 7.10. The average Bonchev–Trinajstić information content (AvgIpc) is 4.29. The monoisotopic (exact) mass is 1030 g/mol. The van der Waals surface area contributed by atoms with Crippen molar-refractivity contribution in [2.45, 2.75) is 136 Å². The molecule has 6 aliphatic heterocycles. The molecule has 1 saturated carbocycles. The minimum Gasteiger partial charge on any atom is -0.464 e. The SMILES string of the molecule is CCn1c(-c2cc(N3CCN(C4CC4)CC3)cnc2[C@H](C)OC)c2c3cc(ccc31)-c1csc(n1)C[C@H](NC(=O)C(C(C)C)N1CC[C@]3(CCN(C(=O)[C@H]4CN4)C3)C1)C(=O)N1CCC[C@H](N1)C(=O)OCC(C)(C)C2. The van der Waals surface area contributed by atoms with Crippen LogP contribution in [0, 0.1) is 16.7 Å². The highest BCUT2D eigenvalue weighted by atomic mass is 32.1. The number of piperazine rings is 1. The summed E-state index contributed by atoms with van der Waals surface area (Å²) in [6.45, 7) is 21.6. The van der Waals surface area contributed by atoms with Crippen LogP contribution in [0.2, 0.25) is 0 Å². The Morgan fingerprint density at radius 3 is 2.51 bits per heavy atom. The Kier molecular flexibility index (Phi) is 14.2. The van der Waals surface area contributed by atoms with Crippen molar-refractivity contribution >= 4 is 51.6 Å². The van der Waals surface area contributed by atoms with Gasteiger partial charge in [0.05, 0.1) is 58.8 Å². The first-order valence-electron chi connectivity index (χ1n) is 27.5. The van der Waals surface area contributed by atoms with Crippen LogP contribution in [0.15, 0.2) is 35.8 Å². The molecule has 6 fully saturated rings. The number of anilines is 1. The lowest BCUT2D eigenvalue weighted by molar-refractivity contribution is -0.155. The summed E-state index contributed by atoms with van der Waals surface area (Å²) in [5.41, 5.74) is 10.8. The highest BCUT2D eigenvalue weighted by Gasteiger charge is 2.50. The third kappa shape index (κ3) is 10.2. The zero-order valence-electron chi connectivity index (χ0n) is 44.6. The number of benzene rings is 1. The van der Waals surface area contributed by atoms with Gasteiger partial charge in [0.1, 0.15) is 12.1 Å². The fourth-order valence-corrected chi connectivity index (χ4v) is 13.7. The Morgan fingerprint density at radius 2 is 1.78 bits per heavy atom. The average molecular weight is 1030 g/mol. The number of amides is 3. The van der Waals surface area contributed by atoms with Gasteiger partial charge in [-0.2, -0.15) is 0 Å². The Labute approximate surface area is 440 Å². The first-order valence-corrected chi connectivity index (χ1v) is 28.4. The quantitative estimate of drug-likeness (QED) is 0.129. The normalized spacial score (nSPS) is 26.7. The molecule has 398 valence electrons. The summed E-state index contributed by atoms with van der Waals surface area (Å²) in [6.07, 6.45) is 8.09. The van der Waals surface area contributed by atoms with E-state index in [2.05, 4.69) is 107 Å². The summed E-state index contributed by atoms with van der Waals surface area (Å²) in [4.78, 5) is 76.6. The van der Waals surface area contributed by atoms with Crippen molar-refractivity contribution in [1.29, 1.82) is 0 Å². The second kappa shape index (κ2) is 20.5. The number of fused-ring (bicyclic) bond motifs is 6. The fraction of sp³-hybridized carbons (Fsp3) is 0.643. The number of rotatable bonds is 11. The second-order valence-electron chi connectivity index (χ2n) is 23.6. The van der Waals surface area contributed by atoms with Crippen LogP contribution in [0.5, 0.6) is 0 Å². The maximum Gasteiger partial charge on any atom is 0.324 e. The maximum atomic E-state index is 14.8. The number of hydrogen-bond donors (Lipinski definition) is 3. The number of carbonyl (C=O) groups is 4. The summed E-state index contributed by atoms with van der Waals surface area (Å²) in [5.74, 6) is -0.773. The van der Waals surface area contributed by atoms with Gasteiger partial charge in [-0.25, -0.2) is 10.4 Å². The van der Waals surface area contributed by atoms with Crippen LogP contribution >= 0.6 is 11.3 Å². The van der Waals surface area contributed by atoms with Crippen LogP contribution in [0.4, 0.5) is 5.69 Å². The lowest BCUT2D eigenvalue weighted by Gasteiger charge is -2.37. The number of pyridine rings is 1. The molecule has 7 aliphatic rings. The van der Waals surface area contributed by atoms with Crippen molar-refractivity contribution < 1.29 is 28.7 Å². The molecule has 74 heavy (non-hydrogen) atoms. The molecule has 1 aromatic carbocycles. The molecule has 6 atom stereocenters. The molecule has 0 radical (unpaired) electrons. The smallest absolute Gasteiger partial charge is 0.324 e. The van der Waals surface area contributed by atoms with Crippen LogP contribution in [-0.4, -0.2) is 167 Å². The number of nitrogens with zero attached hydrogens (tertiary/aromatic N) is 8. The van der Waals surface area contributed by atoms with Gasteiger partial charge in [-0.3, -0.25) is 39.0 Å². The van der Waals surface area contributed by atoms with E-state index in [9.17, 15) is 19.2 Å². The molecular weight excluding hydrogens is 955 g/mol. The van der Waals surface area contributed by atoms with Crippen LogP contribution in [0.3, 0.4) is 0 Å². The van der Waals surface area contributed by atoms with Gasteiger partial charge in [-0.1, -0.05) is 33.8 Å². The fourth-order valence-electron chi connectivity index (χ4n) is 12.8. The molecule has 9 heterocycles. The largest absolute Gasteiger partial charge is 0.464 e. The number of ether oxygens (including phenoxy) is 2. The van der Waals surface area contributed by atoms with Crippen LogP contribution in [-0.2, 0) is 48.0 Å². The van der Waals surface area contributed by atoms with Crippen LogP contribution in [0.1, 0.15) is 102 Å². The number of aryl methyl sites for hydroxylation is 1. The van der Waals surface area contributed by atoms with E-state index in [1.165, 1.54) is 29.2 Å². The Bertz CT molecular complexity index is 2780. The zero-order valence-corrected chi connectivity index (χ0v) is 45.4. The minimum atomic E-state index is -0.949. The third-order valence-corrected chi connectivity index (χ3v) is 18.1. The van der Waals surface area contributed by atoms with E-state index >= 15 is 0 Å². The predicted octanol–water partition coefficient (Wildman–Crippen LogP) is 5.41. The van der Waals surface area contributed by atoms with E-state index in [-0.39, 0.29) is 54.2 Å². The number of methoxy groups -OCH3 is 1. The molecule has 17 nitrogen and oxygen atoms in total. The van der Waals surface area contributed by atoms with Gasteiger partial charge in [0.15, 0.2) is 0 Å². The van der Waals surface area contributed by atoms with Gasteiger partial charge in [0, 0.05) is 123 Å². The summed E-state index contributed by atoms with van der Waals surface area (Å²) in [5, 5.41) is 11.8. The van der Waals surface area contributed by atoms with E-state index in [4.69, 9.17) is 19.4 Å². The van der Waals surface area contributed by atoms with Crippen molar-refractivity contribution in [3.05, 3.63) is 52.1 Å². The molecule has 3 aromatic heterocycles. The Morgan fingerprint density at radius 1 is 1.00 bits per heavy atom. The van der Waals surface area contributed by atoms with Gasteiger partial charge in [-0.15, -0.1) is 11.3 Å². The third-order valence-electron chi connectivity index (χ3n) is 17.2. The van der Waals surface area contributed by atoms with Crippen molar-refractivity contribution in [1.82, 2.24) is 50.3 Å². The number of thiazole rings is 1. The zero-order chi connectivity index (χ0) is 51.6. The van der Waals surface area contributed by atoms with Gasteiger partial charge in [-0.05, 0) is 95.0 Å². The molecular formula is C56H77N11O6S. The second-order valence-corrected chi connectivity index (χ2v) is 24.5. The number of carbonyl (C=O) groups excluding carboxylic acids is 4. The number of aromatic nitrogens is 3. The topological polar surface area (TPSA) is 180 Å². The van der Waals surface area contributed by atoms with Crippen LogP contribution < -0.4 is 21.0 Å². The van der Waals surface area contributed by atoms with Crippen molar-refractivity contribution in [2.75, 3.05) is 84.1 Å². The molecule has 1 unspecified atom stereocenters. The molecule has 18 heteroatoms. The number of hydrogen-bond acceptors (Lipinski definition) is 14. The van der Waals surface area contributed by atoms with Gasteiger partial charge < -0.3 is 34.5 Å². The molecule has 1 spiro atoms. The summed E-state index contributed by atoms with van der Waals surface area (Å²) < 4.78 is 14.7. The predicted molar refractivity (Wildman–Crippen MR) is 286 cm³/mol. The van der Waals surface area contributed by atoms with Crippen molar-refractivity contribution in [3.63, 3.8) is 0 Å². The number of esters is 1. The van der Waals surface area contributed by atoms with E-state index in [0.717, 1.165) is 127 Å². The van der Waals surface area contributed by atoms with E-state index in [1.807, 2.05) is 11.1 Å². The van der Waals surface area contributed by atoms with E-state index in [0.29, 0.717) is 38.9 Å². The molecule has 3 amide bonds. The Balaban J connectivity index is 0.935. The molecule has 1 aliphatic carbocycles. The van der Waals surface area contributed by atoms with Crippen molar-refractivity contribution in [3.8, 4) is 22.5 Å². The lowest BCUT2D eigenvalue weighted by atomic mass is 9.84. The summed E-state index contributed by atoms with van der Waals surface area (Å²) in [6, 6.07) is 7.44. The molecule has 3 N–H and O–H groups in total. The standard InChI is InChI=1S/C56H77N11O6S/c1-8-66-46-14-11-36-24-39(46)41(50(66)40-25-38(28-58-48(40)35(4)72-7)63-22-20-62(21-23-63)37-12-13-37)27-55(5,6)33-73-54(71)42-10-9-17-67(61-42)53(70)43(26-47-59-45(36)30-74-47)60-51(68)49(34(2)3)64-18-15-56(31-64)16-19-65(32-56)52(69)44-29-57-44/h11,14,24-25,28,30,34-35,37,42-44,49,57,61H,8-10,12-13,15-23,26-27,29,31-33H2,1-7H3,(H,60,68)/t35-,42-,43-,44+,49?,56-/m0/s1. The van der Waals surface area contributed by atoms with Gasteiger partial charge in [0.2, 0.25) is 11.8 Å². The Hall–Kier alpha value is -4.98. The maximum absolute atomic E-state index is 14.8. The summed E-state index contributed by atoms with van der Waals surface area (Å²) in [7, 11) is 1.74. The van der Waals surface area contributed by atoms with Gasteiger partial charge >= 0.3 is 5.97 Å². The minimum absolute atomic E-state index is 0.0388. The number of likely N-dealkylation sites (tertiary alicyclic amines) is 2. The van der Waals surface area contributed by atoms with E-state index in [1.54, 1.807) is 7.11 Å². The first kappa shape index (κ1) is 51.1. The highest BCUT2D eigenvalue weighted by Crippen LogP contribution is 2.44.